The number of hydrogen-bond donors (Lipinski definition) is 0. The molecule has 0 saturated carbocycles. The number of hydrogen-bond acceptors (Lipinski definition) is 3. The first-order chi connectivity index (χ1) is 12.2. The lowest BCUT2D eigenvalue weighted by atomic mass is 10.0. The van der Waals surface area contributed by atoms with Gasteiger partial charge in [0.05, 0.1) is 7.11 Å². The molecule has 134 valence electrons. The summed E-state index contributed by atoms with van der Waals surface area (Å²) < 4.78 is 11.0. The van der Waals surface area contributed by atoms with Crippen molar-refractivity contribution in [3.63, 3.8) is 0 Å². The van der Waals surface area contributed by atoms with Crippen LogP contribution >= 0.6 is 0 Å². The molecular formula is C22H29NO2. The van der Waals surface area contributed by atoms with Crippen molar-refractivity contribution < 1.29 is 9.47 Å². The molecule has 0 amide bonds. The highest BCUT2D eigenvalue weighted by molar-refractivity contribution is 5.80. The third kappa shape index (κ3) is 5.95. The molecule has 0 aromatic heterocycles. The zero-order chi connectivity index (χ0) is 18.1. The number of nitrogens with zero attached hydrogens (tertiary/aromatic N) is 1. The predicted molar refractivity (Wildman–Crippen MR) is 106 cm³/mol. The number of ether oxygens (including phenoxy) is 2. The average molecular weight is 339 g/mol. The first kappa shape index (κ1) is 19.1. The first-order valence-corrected chi connectivity index (χ1v) is 8.94. The van der Waals surface area contributed by atoms with Crippen LogP contribution in [0.25, 0.3) is 11.6 Å². The van der Waals surface area contributed by atoms with Crippen LogP contribution in [-0.4, -0.2) is 38.3 Å². The second kappa shape index (κ2) is 9.90. The van der Waals surface area contributed by atoms with E-state index in [0.717, 1.165) is 43.3 Å². The molecule has 0 atom stereocenters. The normalized spacial score (nSPS) is 11.6. The Morgan fingerprint density at radius 3 is 2.08 bits per heavy atom. The van der Waals surface area contributed by atoms with Crippen LogP contribution in [0.15, 0.2) is 48.5 Å². The zero-order valence-corrected chi connectivity index (χ0v) is 15.8. The molecule has 0 N–H and O–H groups in total. The Hall–Kier alpha value is -2.26. The lowest BCUT2D eigenvalue weighted by Gasteiger charge is -2.18. The van der Waals surface area contributed by atoms with E-state index in [1.165, 1.54) is 11.1 Å². The quantitative estimate of drug-likeness (QED) is 0.602. The van der Waals surface area contributed by atoms with Gasteiger partial charge in [0.15, 0.2) is 0 Å². The van der Waals surface area contributed by atoms with E-state index in [-0.39, 0.29) is 0 Å². The number of methoxy groups -OCH3 is 1. The molecule has 3 nitrogen and oxygen atoms in total. The second-order valence-electron chi connectivity index (χ2n) is 6.00. The highest BCUT2D eigenvalue weighted by Gasteiger charge is 2.01. The zero-order valence-electron chi connectivity index (χ0n) is 15.8. The number of rotatable bonds is 9. The molecule has 2 aromatic rings. The smallest absolute Gasteiger partial charge is 0.119 e. The minimum absolute atomic E-state index is 0.724. The molecule has 0 aliphatic rings. The summed E-state index contributed by atoms with van der Waals surface area (Å²) in [5.41, 5.74) is 3.59. The molecule has 0 aliphatic heterocycles. The summed E-state index contributed by atoms with van der Waals surface area (Å²) in [6, 6.07) is 16.4. The van der Waals surface area contributed by atoms with Crippen LogP contribution in [0.3, 0.4) is 0 Å². The van der Waals surface area contributed by atoms with E-state index in [1.54, 1.807) is 7.11 Å². The fraction of sp³-hybridized carbons (Fsp3) is 0.364. The molecule has 0 spiro atoms. The second-order valence-corrected chi connectivity index (χ2v) is 6.00. The summed E-state index contributed by atoms with van der Waals surface area (Å²) in [6.45, 7) is 10.3. The molecule has 0 bridgehead atoms. The Morgan fingerprint density at radius 1 is 0.920 bits per heavy atom. The highest BCUT2D eigenvalue weighted by atomic mass is 16.5. The highest BCUT2D eigenvalue weighted by Crippen LogP contribution is 2.22. The van der Waals surface area contributed by atoms with Gasteiger partial charge >= 0.3 is 0 Å². The van der Waals surface area contributed by atoms with E-state index in [4.69, 9.17) is 9.47 Å². The van der Waals surface area contributed by atoms with Crippen LogP contribution in [0.1, 0.15) is 31.9 Å². The Morgan fingerprint density at radius 2 is 1.52 bits per heavy atom. The van der Waals surface area contributed by atoms with Gasteiger partial charge in [-0.3, -0.25) is 0 Å². The van der Waals surface area contributed by atoms with Crippen LogP contribution < -0.4 is 9.47 Å². The third-order valence-corrected chi connectivity index (χ3v) is 4.38. The number of benzene rings is 2. The topological polar surface area (TPSA) is 21.7 Å². The maximum Gasteiger partial charge on any atom is 0.119 e. The molecule has 2 rings (SSSR count). The Balaban J connectivity index is 1.94. The first-order valence-electron chi connectivity index (χ1n) is 8.94. The van der Waals surface area contributed by atoms with Crippen molar-refractivity contribution in [1.82, 2.24) is 4.90 Å². The lowest BCUT2D eigenvalue weighted by molar-refractivity contribution is 0.223. The van der Waals surface area contributed by atoms with Crippen molar-refractivity contribution in [2.24, 2.45) is 0 Å². The van der Waals surface area contributed by atoms with Gasteiger partial charge < -0.3 is 14.4 Å². The van der Waals surface area contributed by atoms with Gasteiger partial charge in [0, 0.05) is 6.54 Å². The minimum atomic E-state index is 0.724. The summed E-state index contributed by atoms with van der Waals surface area (Å²) in [6.07, 6.45) is 2.18. The van der Waals surface area contributed by atoms with Gasteiger partial charge in [-0.05, 0) is 61.0 Å². The van der Waals surface area contributed by atoms with Gasteiger partial charge in [-0.15, -0.1) is 0 Å². The van der Waals surface area contributed by atoms with E-state index < -0.39 is 0 Å². The molecule has 2 aromatic carbocycles. The molecule has 0 fully saturated rings. The van der Waals surface area contributed by atoms with Crippen LogP contribution in [0.5, 0.6) is 11.5 Å². The average Bonchev–Trinajstić information content (AvgIpc) is 2.66. The molecule has 0 radical (unpaired) electrons. The number of allylic oxidation sites excluding steroid dienone is 1. The van der Waals surface area contributed by atoms with E-state index in [9.17, 15) is 0 Å². The van der Waals surface area contributed by atoms with Gasteiger partial charge in [-0.25, -0.2) is 0 Å². The molecule has 0 aliphatic carbocycles. The van der Waals surface area contributed by atoms with E-state index in [1.807, 2.05) is 24.3 Å². The summed E-state index contributed by atoms with van der Waals surface area (Å²) in [5, 5.41) is 0. The third-order valence-electron chi connectivity index (χ3n) is 4.38. The monoisotopic (exact) mass is 339 g/mol. The van der Waals surface area contributed by atoms with Crippen molar-refractivity contribution in [3.05, 3.63) is 59.7 Å². The fourth-order valence-corrected chi connectivity index (χ4v) is 2.68. The van der Waals surface area contributed by atoms with Crippen LogP contribution in [0.4, 0.5) is 0 Å². The molecule has 0 unspecified atom stereocenters. The Bertz CT molecular complexity index is 655. The van der Waals surface area contributed by atoms with E-state index in [2.05, 4.69) is 56.0 Å². The Kier molecular flexibility index (Phi) is 7.55. The van der Waals surface area contributed by atoms with Gasteiger partial charge in [-0.2, -0.15) is 0 Å². The molecule has 3 heteroatoms. The summed E-state index contributed by atoms with van der Waals surface area (Å²) in [4.78, 5) is 2.36. The van der Waals surface area contributed by atoms with E-state index >= 15 is 0 Å². The van der Waals surface area contributed by atoms with E-state index in [0.29, 0.717) is 0 Å². The van der Waals surface area contributed by atoms with Crippen molar-refractivity contribution in [2.45, 2.75) is 20.8 Å². The van der Waals surface area contributed by atoms with Gasteiger partial charge in [-0.1, -0.05) is 44.2 Å². The number of likely N-dealkylation sites (N-methyl/N-ethyl adjacent to an activating group) is 1. The molecule has 0 saturated heterocycles. The van der Waals surface area contributed by atoms with Crippen molar-refractivity contribution >= 4 is 11.6 Å². The van der Waals surface area contributed by atoms with Gasteiger partial charge in [0.1, 0.15) is 18.1 Å². The standard InChI is InChI=1S/C22H29NO2/c1-5-23(6-2)15-16-25-22-13-9-20(10-14-22)18(3)17-19-7-11-21(24-4)12-8-19/h7-14,17H,5-6,15-16H2,1-4H3/b18-17+. The van der Waals surface area contributed by atoms with Crippen molar-refractivity contribution in [1.29, 1.82) is 0 Å². The van der Waals surface area contributed by atoms with Gasteiger partial charge in [0.25, 0.3) is 0 Å². The molecular weight excluding hydrogens is 310 g/mol. The SMILES string of the molecule is CCN(CC)CCOc1ccc(/C(C)=C/c2ccc(OC)cc2)cc1. The predicted octanol–water partition coefficient (Wildman–Crippen LogP) is 4.98. The minimum Gasteiger partial charge on any atom is -0.497 e. The molecule has 25 heavy (non-hydrogen) atoms. The van der Waals surface area contributed by atoms with Crippen molar-refractivity contribution in [2.75, 3.05) is 33.4 Å². The summed E-state index contributed by atoms with van der Waals surface area (Å²) >= 11 is 0. The summed E-state index contributed by atoms with van der Waals surface area (Å²) in [7, 11) is 1.68. The molecule has 0 heterocycles. The van der Waals surface area contributed by atoms with Crippen molar-refractivity contribution in [3.8, 4) is 11.5 Å². The largest absolute Gasteiger partial charge is 0.497 e. The Labute approximate surface area is 151 Å². The van der Waals surface area contributed by atoms with Crippen LogP contribution in [-0.2, 0) is 0 Å². The lowest BCUT2D eigenvalue weighted by Crippen LogP contribution is -2.27. The maximum atomic E-state index is 5.84. The summed E-state index contributed by atoms with van der Waals surface area (Å²) in [5.74, 6) is 1.80. The maximum absolute atomic E-state index is 5.84. The fourth-order valence-electron chi connectivity index (χ4n) is 2.68. The van der Waals surface area contributed by atoms with Crippen LogP contribution in [0.2, 0.25) is 0 Å². The van der Waals surface area contributed by atoms with Crippen LogP contribution in [0, 0.1) is 0 Å². The van der Waals surface area contributed by atoms with Gasteiger partial charge in [0.2, 0.25) is 0 Å².